The Labute approximate surface area is 97.9 Å². The molecule has 1 heterocycles. The second kappa shape index (κ2) is 5.35. The molecule has 1 aliphatic rings. The summed E-state index contributed by atoms with van der Waals surface area (Å²) in [6, 6.07) is 8.63. The number of aliphatic hydroxyl groups excluding tert-OH is 1. The van der Waals surface area contributed by atoms with E-state index in [1.54, 1.807) is 0 Å². The molecule has 2 rings (SSSR count). The summed E-state index contributed by atoms with van der Waals surface area (Å²) >= 11 is 0. The van der Waals surface area contributed by atoms with Gasteiger partial charge in [-0.1, -0.05) is 19.1 Å². The maximum atomic E-state index is 8.86. The van der Waals surface area contributed by atoms with Gasteiger partial charge in [-0.25, -0.2) is 0 Å². The van der Waals surface area contributed by atoms with Crippen LogP contribution in [0.1, 0.15) is 25.3 Å². The number of rotatable bonds is 3. The van der Waals surface area contributed by atoms with Crippen molar-refractivity contribution in [2.45, 2.75) is 26.2 Å². The van der Waals surface area contributed by atoms with E-state index in [0.29, 0.717) is 0 Å². The first-order valence-corrected chi connectivity index (χ1v) is 6.24. The number of anilines is 1. The Hall–Kier alpha value is -1.02. The fraction of sp³-hybridized carbons (Fsp3) is 0.571. The molecule has 0 unspecified atom stereocenters. The lowest BCUT2D eigenvalue weighted by molar-refractivity contribution is 0.299. The molecule has 0 aliphatic carbocycles. The van der Waals surface area contributed by atoms with Gasteiger partial charge in [-0.3, -0.25) is 0 Å². The zero-order valence-electron chi connectivity index (χ0n) is 10.0. The lowest BCUT2D eigenvalue weighted by Gasteiger charge is -2.32. The van der Waals surface area contributed by atoms with Crippen molar-refractivity contribution >= 4 is 5.69 Å². The summed E-state index contributed by atoms with van der Waals surface area (Å²) in [6.45, 7) is 4.93. The van der Waals surface area contributed by atoms with Crippen LogP contribution in [0.2, 0.25) is 0 Å². The van der Waals surface area contributed by atoms with Crippen LogP contribution in [0.3, 0.4) is 0 Å². The number of hydrogen-bond donors (Lipinski definition) is 1. The molecule has 0 saturated carbocycles. The average Bonchev–Trinajstić information content (AvgIpc) is 2.30. The molecule has 16 heavy (non-hydrogen) atoms. The van der Waals surface area contributed by atoms with Gasteiger partial charge in [-0.05, 0) is 42.9 Å². The minimum absolute atomic E-state index is 0.236. The highest BCUT2D eigenvalue weighted by molar-refractivity contribution is 5.48. The van der Waals surface area contributed by atoms with Crippen LogP contribution in [0.15, 0.2) is 24.3 Å². The normalized spacial score (nSPS) is 21.1. The molecule has 1 aromatic carbocycles. The molecule has 2 nitrogen and oxygen atoms in total. The Morgan fingerprint density at radius 3 is 2.69 bits per heavy atom. The summed E-state index contributed by atoms with van der Waals surface area (Å²) in [5.41, 5.74) is 2.55. The summed E-state index contributed by atoms with van der Waals surface area (Å²) in [6.07, 6.45) is 3.43. The van der Waals surface area contributed by atoms with Crippen molar-refractivity contribution < 1.29 is 5.11 Å². The molecule has 0 bridgehead atoms. The first-order valence-electron chi connectivity index (χ1n) is 6.24. The van der Waals surface area contributed by atoms with Gasteiger partial charge in [0.1, 0.15) is 0 Å². The third-order valence-corrected chi connectivity index (χ3v) is 3.36. The van der Waals surface area contributed by atoms with Crippen LogP contribution in [0, 0.1) is 5.92 Å². The van der Waals surface area contributed by atoms with Gasteiger partial charge in [0.15, 0.2) is 0 Å². The van der Waals surface area contributed by atoms with E-state index in [1.165, 1.54) is 37.2 Å². The van der Waals surface area contributed by atoms with Gasteiger partial charge in [-0.2, -0.15) is 0 Å². The highest BCUT2D eigenvalue weighted by atomic mass is 16.2. The molecule has 1 aromatic rings. The van der Waals surface area contributed by atoms with Crippen molar-refractivity contribution in [2.24, 2.45) is 5.92 Å². The van der Waals surface area contributed by atoms with Crippen LogP contribution < -0.4 is 4.90 Å². The SMILES string of the molecule is C[C@@H]1CCCN(c2ccc(CCO)cc2)C1. The first kappa shape index (κ1) is 11.5. The molecule has 0 aromatic heterocycles. The molecule has 1 N–H and O–H groups in total. The van der Waals surface area contributed by atoms with Gasteiger partial charge in [0.25, 0.3) is 0 Å². The molecule has 2 heteroatoms. The van der Waals surface area contributed by atoms with Crippen molar-refractivity contribution in [3.63, 3.8) is 0 Å². The lowest BCUT2D eigenvalue weighted by Crippen LogP contribution is -2.34. The molecular weight excluding hydrogens is 198 g/mol. The van der Waals surface area contributed by atoms with Gasteiger partial charge in [0, 0.05) is 25.4 Å². The number of nitrogens with zero attached hydrogens (tertiary/aromatic N) is 1. The Morgan fingerprint density at radius 1 is 1.31 bits per heavy atom. The maximum absolute atomic E-state index is 8.86. The van der Waals surface area contributed by atoms with Crippen LogP contribution >= 0.6 is 0 Å². The molecule has 1 aliphatic heterocycles. The Bertz CT molecular complexity index is 320. The zero-order chi connectivity index (χ0) is 11.4. The summed E-state index contributed by atoms with van der Waals surface area (Å²) < 4.78 is 0. The van der Waals surface area contributed by atoms with Gasteiger partial charge < -0.3 is 10.0 Å². The number of benzene rings is 1. The predicted molar refractivity (Wildman–Crippen MR) is 67.8 cm³/mol. The highest BCUT2D eigenvalue weighted by Crippen LogP contribution is 2.23. The van der Waals surface area contributed by atoms with Gasteiger partial charge in [0.2, 0.25) is 0 Å². The standard InChI is InChI=1S/C14H21NO/c1-12-3-2-9-15(11-12)14-6-4-13(5-7-14)8-10-16/h4-7,12,16H,2-3,8-11H2,1H3/t12-/m1/s1. The van der Waals surface area contributed by atoms with Gasteiger partial charge >= 0.3 is 0 Å². The van der Waals surface area contributed by atoms with E-state index in [0.717, 1.165) is 12.3 Å². The number of aliphatic hydroxyl groups is 1. The number of hydrogen-bond acceptors (Lipinski definition) is 2. The smallest absolute Gasteiger partial charge is 0.0471 e. The fourth-order valence-corrected chi connectivity index (χ4v) is 2.43. The van der Waals surface area contributed by atoms with Crippen molar-refractivity contribution in [1.82, 2.24) is 0 Å². The van der Waals surface area contributed by atoms with Crippen molar-refractivity contribution in [3.8, 4) is 0 Å². The second-order valence-electron chi connectivity index (χ2n) is 4.83. The average molecular weight is 219 g/mol. The predicted octanol–water partition coefficient (Wildman–Crippen LogP) is 2.46. The zero-order valence-corrected chi connectivity index (χ0v) is 10.0. The topological polar surface area (TPSA) is 23.5 Å². The second-order valence-corrected chi connectivity index (χ2v) is 4.83. The molecule has 0 amide bonds. The van der Waals surface area contributed by atoms with E-state index in [-0.39, 0.29) is 6.61 Å². The van der Waals surface area contributed by atoms with Gasteiger partial charge in [-0.15, -0.1) is 0 Å². The fourth-order valence-electron chi connectivity index (χ4n) is 2.43. The van der Waals surface area contributed by atoms with Crippen LogP contribution in [-0.2, 0) is 6.42 Å². The summed E-state index contributed by atoms with van der Waals surface area (Å²) in [4.78, 5) is 2.47. The summed E-state index contributed by atoms with van der Waals surface area (Å²) in [5, 5.41) is 8.86. The van der Waals surface area contributed by atoms with Crippen LogP contribution in [0.5, 0.6) is 0 Å². The van der Waals surface area contributed by atoms with Crippen LogP contribution in [-0.4, -0.2) is 24.8 Å². The summed E-state index contributed by atoms with van der Waals surface area (Å²) in [5.74, 6) is 0.811. The molecule has 1 atom stereocenters. The van der Waals surface area contributed by atoms with E-state index in [4.69, 9.17) is 5.11 Å². The minimum Gasteiger partial charge on any atom is -0.396 e. The molecule has 88 valence electrons. The Kier molecular flexibility index (Phi) is 3.83. The molecule has 1 fully saturated rings. The van der Waals surface area contributed by atoms with E-state index in [9.17, 15) is 0 Å². The molecule has 1 saturated heterocycles. The third kappa shape index (κ3) is 2.76. The van der Waals surface area contributed by atoms with Crippen LogP contribution in [0.4, 0.5) is 5.69 Å². The Morgan fingerprint density at radius 2 is 2.06 bits per heavy atom. The largest absolute Gasteiger partial charge is 0.396 e. The van der Waals surface area contributed by atoms with Gasteiger partial charge in [0.05, 0.1) is 0 Å². The quantitative estimate of drug-likeness (QED) is 0.844. The summed E-state index contributed by atoms with van der Waals surface area (Å²) in [7, 11) is 0. The monoisotopic (exact) mass is 219 g/mol. The Balaban J connectivity index is 2.03. The minimum atomic E-state index is 0.236. The first-order chi connectivity index (χ1) is 7.79. The third-order valence-electron chi connectivity index (χ3n) is 3.36. The molecule has 0 radical (unpaired) electrons. The molecule has 0 spiro atoms. The van der Waals surface area contributed by atoms with E-state index >= 15 is 0 Å². The van der Waals surface area contributed by atoms with E-state index < -0.39 is 0 Å². The van der Waals surface area contributed by atoms with Crippen LogP contribution in [0.25, 0.3) is 0 Å². The molecular formula is C14H21NO. The highest BCUT2D eigenvalue weighted by Gasteiger charge is 2.16. The maximum Gasteiger partial charge on any atom is 0.0471 e. The number of piperidine rings is 1. The van der Waals surface area contributed by atoms with E-state index in [2.05, 4.69) is 36.1 Å². The van der Waals surface area contributed by atoms with Crippen molar-refractivity contribution in [2.75, 3.05) is 24.6 Å². The van der Waals surface area contributed by atoms with E-state index in [1.807, 2.05) is 0 Å². The lowest BCUT2D eigenvalue weighted by atomic mass is 9.99. The van der Waals surface area contributed by atoms with Crippen molar-refractivity contribution in [1.29, 1.82) is 0 Å². The van der Waals surface area contributed by atoms with Crippen molar-refractivity contribution in [3.05, 3.63) is 29.8 Å².